The van der Waals surface area contributed by atoms with Gasteiger partial charge in [-0.3, -0.25) is 9.59 Å². The van der Waals surface area contributed by atoms with Crippen LogP contribution in [-0.4, -0.2) is 29.8 Å². The summed E-state index contributed by atoms with van der Waals surface area (Å²) in [6.07, 6.45) is 2.29. The van der Waals surface area contributed by atoms with Gasteiger partial charge in [0.25, 0.3) is 5.91 Å². The molecule has 5 heteroatoms. The van der Waals surface area contributed by atoms with Gasteiger partial charge >= 0.3 is 0 Å². The molecule has 0 bridgehead atoms. The maximum Gasteiger partial charge on any atom is 0.256 e. The van der Waals surface area contributed by atoms with E-state index in [-0.39, 0.29) is 23.3 Å². The van der Waals surface area contributed by atoms with E-state index in [0.29, 0.717) is 13.1 Å². The van der Waals surface area contributed by atoms with Crippen molar-refractivity contribution in [2.24, 2.45) is 5.92 Å². The molecule has 26 heavy (non-hydrogen) atoms. The maximum absolute atomic E-state index is 13.9. The van der Waals surface area contributed by atoms with Gasteiger partial charge in [0, 0.05) is 18.8 Å². The largest absolute Gasteiger partial charge is 0.338 e. The van der Waals surface area contributed by atoms with Crippen molar-refractivity contribution >= 4 is 17.5 Å². The summed E-state index contributed by atoms with van der Waals surface area (Å²) in [6.45, 7) is 2.90. The summed E-state index contributed by atoms with van der Waals surface area (Å²) in [5.41, 5.74) is 1.96. The van der Waals surface area contributed by atoms with Crippen LogP contribution in [0.25, 0.3) is 0 Å². The fourth-order valence-corrected chi connectivity index (χ4v) is 3.37. The molecule has 2 aromatic rings. The molecule has 0 radical (unpaired) electrons. The normalized spacial score (nSPS) is 17.0. The highest BCUT2D eigenvalue weighted by atomic mass is 19.1. The van der Waals surface area contributed by atoms with Gasteiger partial charge in [-0.25, -0.2) is 4.39 Å². The SMILES string of the molecule is CCc1ccccc1NC(=O)C1CCCN(C(=O)c2ccccc2F)C1. The Hall–Kier alpha value is -2.69. The molecule has 1 aliphatic rings. The first-order valence-corrected chi connectivity index (χ1v) is 9.02. The van der Waals surface area contributed by atoms with Gasteiger partial charge in [0.2, 0.25) is 5.91 Å². The van der Waals surface area contributed by atoms with E-state index in [0.717, 1.165) is 30.5 Å². The molecule has 0 spiro atoms. The minimum absolute atomic E-state index is 0.0601. The number of anilines is 1. The Morgan fingerprint density at radius 3 is 2.65 bits per heavy atom. The van der Waals surface area contributed by atoms with Crippen molar-refractivity contribution in [1.82, 2.24) is 4.90 Å². The number of amides is 2. The molecule has 1 aliphatic heterocycles. The second-order valence-corrected chi connectivity index (χ2v) is 6.57. The number of hydrogen-bond acceptors (Lipinski definition) is 2. The summed E-state index contributed by atoms with van der Waals surface area (Å²) in [6, 6.07) is 13.7. The van der Waals surface area contributed by atoms with Crippen LogP contribution in [-0.2, 0) is 11.2 Å². The van der Waals surface area contributed by atoms with Crippen molar-refractivity contribution in [3.63, 3.8) is 0 Å². The first-order valence-electron chi connectivity index (χ1n) is 9.02. The van der Waals surface area contributed by atoms with Crippen molar-refractivity contribution in [3.05, 3.63) is 65.5 Å². The molecule has 136 valence electrons. The number of rotatable bonds is 4. The van der Waals surface area contributed by atoms with Gasteiger partial charge in [0.1, 0.15) is 5.82 Å². The molecule has 2 aromatic carbocycles. The number of hydrogen-bond donors (Lipinski definition) is 1. The van der Waals surface area contributed by atoms with Crippen molar-refractivity contribution in [3.8, 4) is 0 Å². The molecule has 1 atom stereocenters. The van der Waals surface area contributed by atoms with Crippen LogP contribution in [0.2, 0.25) is 0 Å². The molecule has 2 amide bonds. The van der Waals surface area contributed by atoms with Crippen LogP contribution in [0.4, 0.5) is 10.1 Å². The highest BCUT2D eigenvalue weighted by Crippen LogP contribution is 2.23. The minimum Gasteiger partial charge on any atom is -0.338 e. The monoisotopic (exact) mass is 354 g/mol. The number of likely N-dealkylation sites (tertiary alicyclic amines) is 1. The van der Waals surface area contributed by atoms with Crippen molar-refractivity contribution in [2.75, 3.05) is 18.4 Å². The Morgan fingerprint density at radius 1 is 1.15 bits per heavy atom. The molecule has 0 saturated carbocycles. The van der Waals surface area contributed by atoms with Crippen LogP contribution in [0, 0.1) is 11.7 Å². The van der Waals surface area contributed by atoms with E-state index in [1.807, 2.05) is 31.2 Å². The third kappa shape index (κ3) is 3.93. The van der Waals surface area contributed by atoms with Crippen molar-refractivity contribution in [2.45, 2.75) is 26.2 Å². The lowest BCUT2D eigenvalue weighted by Crippen LogP contribution is -2.44. The Balaban J connectivity index is 1.69. The second kappa shape index (κ2) is 8.13. The quantitative estimate of drug-likeness (QED) is 0.906. The van der Waals surface area contributed by atoms with E-state index in [9.17, 15) is 14.0 Å². The molecule has 0 aliphatic carbocycles. The van der Waals surface area contributed by atoms with Gasteiger partial charge in [0.05, 0.1) is 11.5 Å². The average molecular weight is 354 g/mol. The van der Waals surface area contributed by atoms with E-state index in [4.69, 9.17) is 0 Å². The number of halogens is 1. The zero-order valence-electron chi connectivity index (χ0n) is 14.9. The molecule has 4 nitrogen and oxygen atoms in total. The van der Waals surface area contributed by atoms with Gasteiger partial charge in [-0.15, -0.1) is 0 Å². The smallest absolute Gasteiger partial charge is 0.256 e. The summed E-state index contributed by atoms with van der Waals surface area (Å²) in [7, 11) is 0. The third-order valence-corrected chi connectivity index (χ3v) is 4.84. The molecular weight excluding hydrogens is 331 g/mol. The number of carbonyl (C=O) groups is 2. The van der Waals surface area contributed by atoms with Gasteiger partial charge < -0.3 is 10.2 Å². The maximum atomic E-state index is 13.9. The zero-order chi connectivity index (χ0) is 18.5. The number of nitrogens with one attached hydrogen (secondary N) is 1. The predicted octanol–water partition coefficient (Wildman–Crippen LogP) is 3.88. The fraction of sp³-hybridized carbons (Fsp3) is 0.333. The van der Waals surface area contributed by atoms with E-state index < -0.39 is 5.82 Å². The Kier molecular flexibility index (Phi) is 5.66. The molecule has 1 unspecified atom stereocenters. The average Bonchev–Trinajstić information content (AvgIpc) is 2.68. The highest BCUT2D eigenvalue weighted by molar-refractivity contribution is 5.96. The molecule has 3 rings (SSSR count). The first kappa shape index (κ1) is 18.1. The summed E-state index contributed by atoms with van der Waals surface area (Å²) < 4.78 is 13.9. The standard InChI is InChI=1S/C21H23FN2O2/c1-2-15-8-3-6-12-19(15)23-20(25)16-9-7-13-24(14-16)21(26)17-10-4-5-11-18(17)22/h3-6,8,10-12,16H,2,7,9,13-14H2,1H3,(H,23,25). The van der Waals surface area contributed by atoms with E-state index in [1.165, 1.54) is 12.1 Å². The minimum atomic E-state index is -0.527. The number of nitrogens with zero attached hydrogens (tertiary/aromatic N) is 1. The Bertz CT molecular complexity index is 806. The van der Waals surface area contributed by atoms with Gasteiger partial charge in [-0.05, 0) is 43.0 Å². The molecule has 1 N–H and O–H groups in total. The second-order valence-electron chi connectivity index (χ2n) is 6.57. The van der Waals surface area contributed by atoms with Gasteiger partial charge in [-0.2, -0.15) is 0 Å². The number of carbonyl (C=O) groups excluding carboxylic acids is 2. The summed E-state index contributed by atoms with van der Waals surface area (Å²) in [5, 5.41) is 2.99. The van der Waals surface area contributed by atoms with E-state index in [2.05, 4.69) is 5.32 Å². The van der Waals surface area contributed by atoms with Crippen LogP contribution in [0.1, 0.15) is 35.7 Å². The van der Waals surface area contributed by atoms with Crippen LogP contribution >= 0.6 is 0 Å². The lowest BCUT2D eigenvalue weighted by atomic mass is 9.96. The van der Waals surface area contributed by atoms with Crippen molar-refractivity contribution in [1.29, 1.82) is 0 Å². The molecule has 1 saturated heterocycles. The summed E-state index contributed by atoms with van der Waals surface area (Å²) >= 11 is 0. The summed E-state index contributed by atoms with van der Waals surface area (Å²) in [5.74, 6) is -1.25. The number of aryl methyl sites for hydroxylation is 1. The number of benzene rings is 2. The molecular formula is C21H23FN2O2. The van der Waals surface area contributed by atoms with Crippen LogP contribution < -0.4 is 5.32 Å². The zero-order valence-corrected chi connectivity index (χ0v) is 14.9. The Labute approximate surface area is 153 Å². The summed E-state index contributed by atoms with van der Waals surface area (Å²) in [4.78, 5) is 26.9. The van der Waals surface area contributed by atoms with Crippen LogP contribution in [0.5, 0.6) is 0 Å². The lowest BCUT2D eigenvalue weighted by Gasteiger charge is -2.32. The molecule has 0 aromatic heterocycles. The van der Waals surface area contributed by atoms with Gasteiger partial charge in [-0.1, -0.05) is 37.3 Å². The highest BCUT2D eigenvalue weighted by Gasteiger charge is 2.30. The van der Waals surface area contributed by atoms with Gasteiger partial charge in [0.15, 0.2) is 0 Å². The topological polar surface area (TPSA) is 49.4 Å². The fourth-order valence-electron chi connectivity index (χ4n) is 3.37. The van der Waals surface area contributed by atoms with Crippen molar-refractivity contribution < 1.29 is 14.0 Å². The third-order valence-electron chi connectivity index (χ3n) is 4.84. The lowest BCUT2D eigenvalue weighted by molar-refractivity contribution is -0.121. The van der Waals surface area contributed by atoms with E-state index >= 15 is 0 Å². The predicted molar refractivity (Wildman–Crippen MR) is 99.5 cm³/mol. The van der Waals surface area contributed by atoms with Crippen LogP contribution in [0.15, 0.2) is 48.5 Å². The molecule has 1 fully saturated rings. The number of para-hydroxylation sites is 1. The van der Waals surface area contributed by atoms with Crippen LogP contribution in [0.3, 0.4) is 0 Å². The molecule has 1 heterocycles. The number of piperidine rings is 1. The Morgan fingerprint density at radius 2 is 1.88 bits per heavy atom. The first-order chi connectivity index (χ1) is 12.6. The van der Waals surface area contributed by atoms with E-state index in [1.54, 1.807) is 17.0 Å².